The van der Waals surface area contributed by atoms with Crippen molar-refractivity contribution in [2.24, 2.45) is 22.5 Å². The summed E-state index contributed by atoms with van der Waals surface area (Å²) in [5.74, 6) is 10.4. The fourth-order valence-corrected chi connectivity index (χ4v) is 0.431. The smallest absolute Gasteiger partial charge is 0.0753 e. The summed E-state index contributed by atoms with van der Waals surface area (Å²) >= 11 is 0. The van der Waals surface area contributed by atoms with Crippen molar-refractivity contribution in [2.45, 2.75) is 0 Å². The third-order valence-electron chi connectivity index (χ3n) is 0.843. The highest BCUT2D eigenvalue weighted by atomic mass is 35.5. The lowest BCUT2D eigenvalue weighted by molar-refractivity contribution is 0.0196. The standard InChI is InChI=1S/C3H8N6.ClH/c4-3-1-7-9(6)8(5)2-3;/h1-2H,4-6H2;1H. The average molecular weight is 165 g/mol. The fourth-order valence-electron chi connectivity index (χ4n) is 0.431. The summed E-state index contributed by atoms with van der Waals surface area (Å²) in [6.07, 6.45) is 2.86. The fraction of sp³-hybridized carbons (Fsp3) is 0. The molecule has 58 valence electrons. The molecule has 0 bridgehead atoms. The molecule has 1 heterocycles. The number of allylic oxidation sites excluding steroid dienone is 1. The molecule has 0 aromatic carbocycles. The Kier molecular flexibility index (Phi) is 2.94. The molecule has 6 nitrogen and oxygen atoms in total. The van der Waals surface area contributed by atoms with E-state index in [0.29, 0.717) is 5.70 Å². The highest BCUT2D eigenvalue weighted by Gasteiger charge is 2.03. The van der Waals surface area contributed by atoms with Gasteiger partial charge in [0.2, 0.25) is 0 Å². The molecule has 0 aliphatic carbocycles. The second-order valence-electron chi connectivity index (χ2n) is 1.57. The first kappa shape index (κ1) is 9.02. The number of hydrazone groups is 1. The SMILES string of the molecule is Cl.NC1=CN(N)N(N)N=C1. The van der Waals surface area contributed by atoms with E-state index in [1.165, 1.54) is 12.4 Å². The van der Waals surface area contributed by atoms with Crippen molar-refractivity contribution in [1.29, 1.82) is 0 Å². The van der Waals surface area contributed by atoms with Crippen LogP contribution in [0.25, 0.3) is 0 Å². The Labute approximate surface area is 64.2 Å². The van der Waals surface area contributed by atoms with E-state index >= 15 is 0 Å². The predicted octanol–water partition coefficient (Wildman–Crippen LogP) is -1.53. The van der Waals surface area contributed by atoms with Crippen LogP contribution in [0.15, 0.2) is 17.0 Å². The number of hydrogen-bond acceptors (Lipinski definition) is 6. The van der Waals surface area contributed by atoms with Crippen LogP contribution in [0.3, 0.4) is 0 Å². The number of hydrogen-bond donors (Lipinski definition) is 3. The second-order valence-corrected chi connectivity index (χ2v) is 1.57. The van der Waals surface area contributed by atoms with Gasteiger partial charge in [-0.1, -0.05) is 0 Å². The summed E-state index contributed by atoms with van der Waals surface area (Å²) in [4.78, 5) is 0. The molecule has 0 saturated carbocycles. The van der Waals surface area contributed by atoms with Crippen molar-refractivity contribution in [2.75, 3.05) is 0 Å². The van der Waals surface area contributed by atoms with Gasteiger partial charge in [0.05, 0.1) is 18.1 Å². The minimum absolute atomic E-state index is 0. The molecule has 0 aromatic heterocycles. The number of halogens is 1. The maximum atomic E-state index is 5.30. The largest absolute Gasteiger partial charge is 0.396 e. The van der Waals surface area contributed by atoms with Crippen LogP contribution in [-0.2, 0) is 0 Å². The van der Waals surface area contributed by atoms with E-state index in [9.17, 15) is 0 Å². The molecule has 0 fully saturated rings. The van der Waals surface area contributed by atoms with Gasteiger partial charge in [-0.05, 0) is 0 Å². The summed E-state index contributed by atoms with van der Waals surface area (Å²) in [6.45, 7) is 0. The molecule has 1 rings (SSSR count). The molecule has 0 spiro atoms. The van der Waals surface area contributed by atoms with Crippen molar-refractivity contribution in [3.05, 3.63) is 11.9 Å². The maximum absolute atomic E-state index is 5.30. The summed E-state index contributed by atoms with van der Waals surface area (Å²) in [7, 11) is 0. The first-order valence-electron chi connectivity index (χ1n) is 2.30. The summed E-state index contributed by atoms with van der Waals surface area (Å²) in [6, 6.07) is 0. The average Bonchev–Trinajstić information content (AvgIpc) is 1.80. The molecule has 0 aromatic rings. The molecule has 6 N–H and O–H groups in total. The van der Waals surface area contributed by atoms with Crippen LogP contribution in [0, 0.1) is 0 Å². The monoisotopic (exact) mass is 164 g/mol. The van der Waals surface area contributed by atoms with Crippen LogP contribution < -0.4 is 17.4 Å². The maximum Gasteiger partial charge on any atom is 0.0753 e. The molecule has 10 heavy (non-hydrogen) atoms. The van der Waals surface area contributed by atoms with Gasteiger partial charge >= 0.3 is 0 Å². The zero-order valence-electron chi connectivity index (χ0n) is 5.14. The lowest BCUT2D eigenvalue weighted by Gasteiger charge is -2.24. The first-order valence-corrected chi connectivity index (χ1v) is 2.30. The van der Waals surface area contributed by atoms with Gasteiger partial charge in [-0.2, -0.15) is 5.12 Å². The molecular formula is C3H9ClN6. The molecule has 0 amide bonds. The van der Waals surface area contributed by atoms with Crippen molar-refractivity contribution in [3.8, 4) is 0 Å². The quantitative estimate of drug-likeness (QED) is 0.378. The minimum atomic E-state index is 0. The Balaban J connectivity index is 0.000000810. The lowest BCUT2D eigenvalue weighted by Crippen LogP contribution is -2.47. The van der Waals surface area contributed by atoms with Gasteiger partial charge in [-0.25, -0.2) is 11.7 Å². The molecule has 7 heteroatoms. The predicted molar refractivity (Wildman–Crippen MR) is 40.1 cm³/mol. The van der Waals surface area contributed by atoms with Gasteiger partial charge in [-0.3, -0.25) is 0 Å². The van der Waals surface area contributed by atoms with E-state index in [1.807, 2.05) is 0 Å². The van der Waals surface area contributed by atoms with Crippen LogP contribution in [0.2, 0.25) is 0 Å². The van der Waals surface area contributed by atoms with Crippen LogP contribution in [0.1, 0.15) is 0 Å². The van der Waals surface area contributed by atoms with Crippen LogP contribution >= 0.6 is 12.4 Å². The number of nitrogens with two attached hydrogens (primary N) is 3. The van der Waals surface area contributed by atoms with Gasteiger partial charge in [-0.15, -0.1) is 22.7 Å². The van der Waals surface area contributed by atoms with E-state index in [1.54, 1.807) is 0 Å². The van der Waals surface area contributed by atoms with Gasteiger partial charge in [0.25, 0.3) is 0 Å². The van der Waals surface area contributed by atoms with E-state index in [4.69, 9.17) is 17.4 Å². The van der Waals surface area contributed by atoms with E-state index < -0.39 is 0 Å². The molecule has 1 aliphatic rings. The minimum Gasteiger partial charge on any atom is -0.396 e. The zero-order valence-corrected chi connectivity index (χ0v) is 5.95. The zero-order chi connectivity index (χ0) is 6.85. The Morgan fingerprint density at radius 3 is 2.40 bits per heavy atom. The summed E-state index contributed by atoms with van der Waals surface area (Å²) < 4.78 is 0. The van der Waals surface area contributed by atoms with Crippen LogP contribution in [0.4, 0.5) is 0 Å². The summed E-state index contributed by atoms with van der Waals surface area (Å²) in [5, 5.41) is 5.63. The van der Waals surface area contributed by atoms with Gasteiger partial charge < -0.3 is 5.73 Å². The Morgan fingerprint density at radius 1 is 1.40 bits per heavy atom. The van der Waals surface area contributed by atoms with Crippen molar-refractivity contribution < 1.29 is 0 Å². The second kappa shape index (κ2) is 3.25. The lowest BCUT2D eigenvalue weighted by atomic mass is 10.5. The third kappa shape index (κ3) is 1.76. The number of nitrogens with zero attached hydrogens (tertiary/aromatic N) is 3. The van der Waals surface area contributed by atoms with E-state index in [-0.39, 0.29) is 12.4 Å². The summed E-state index contributed by atoms with van der Waals surface area (Å²) in [5.41, 5.74) is 5.77. The van der Waals surface area contributed by atoms with Crippen molar-refractivity contribution in [1.82, 2.24) is 10.3 Å². The van der Waals surface area contributed by atoms with E-state index in [2.05, 4.69) is 5.10 Å². The first-order chi connectivity index (χ1) is 4.20. The van der Waals surface area contributed by atoms with Gasteiger partial charge in [0.1, 0.15) is 0 Å². The van der Waals surface area contributed by atoms with Crippen molar-refractivity contribution in [3.63, 3.8) is 0 Å². The molecule has 0 radical (unpaired) electrons. The highest BCUT2D eigenvalue weighted by molar-refractivity contribution is 5.85. The van der Waals surface area contributed by atoms with Gasteiger partial charge in [0, 0.05) is 0 Å². The Bertz CT molecular complexity index is 164. The highest BCUT2D eigenvalue weighted by Crippen LogP contribution is 1.93. The molecule has 1 aliphatic heterocycles. The molecule has 0 atom stereocenters. The number of hydrazine groups is 3. The van der Waals surface area contributed by atoms with Crippen LogP contribution in [0.5, 0.6) is 0 Å². The Hall–Kier alpha value is -0.980. The van der Waals surface area contributed by atoms with Crippen molar-refractivity contribution >= 4 is 18.6 Å². The normalized spacial score (nSPS) is 16.4. The van der Waals surface area contributed by atoms with Gasteiger partial charge in [0.15, 0.2) is 0 Å². The molecular weight excluding hydrogens is 156 g/mol. The molecule has 0 unspecified atom stereocenters. The topological polar surface area (TPSA) is 96.9 Å². The Morgan fingerprint density at radius 2 is 2.00 bits per heavy atom. The molecule has 0 saturated heterocycles. The van der Waals surface area contributed by atoms with E-state index in [0.717, 1.165) is 10.3 Å². The van der Waals surface area contributed by atoms with Crippen LogP contribution in [-0.4, -0.2) is 16.6 Å². The number of rotatable bonds is 0. The third-order valence-corrected chi connectivity index (χ3v) is 0.843.